The van der Waals surface area contributed by atoms with Crippen LogP contribution in [0.25, 0.3) is 0 Å². The summed E-state index contributed by atoms with van der Waals surface area (Å²) in [7, 11) is 0. The number of rotatable bonds is 4. The Hall–Kier alpha value is -1.13. The van der Waals surface area contributed by atoms with Gasteiger partial charge in [0.1, 0.15) is 5.82 Å². The van der Waals surface area contributed by atoms with Crippen molar-refractivity contribution in [1.29, 1.82) is 0 Å². The molecule has 0 saturated carbocycles. The van der Waals surface area contributed by atoms with Crippen molar-refractivity contribution in [2.24, 2.45) is 5.92 Å². The zero-order valence-corrected chi connectivity index (χ0v) is 12.5. The second-order valence-corrected chi connectivity index (χ2v) is 5.27. The fraction of sp³-hybridized carbons (Fsp3) is 0.533. The quantitative estimate of drug-likeness (QED) is 0.896. The molecule has 0 spiro atoms. The van der Waals surface area contributed by atoms with Gasteiger partial charge in [0.2, 0.25) is 5.91 Å². The average molecular weight is 301 g/mol. The Balaban J connectivity index is 0.00000200. The molecule has 2 N–H and O–H groups in total. The van der Waals surface area contributed by atoms with Crippen molar-refractivity contribution in [2.45, 2.75) is 32.2 Å². The van der Waals surface area contributed by atoms with Crippen LogP contribution >= 0.6 is 12.4 Å². The molecule has 20 heavy (non-hydrogen) atoms. The molecule has 1 aliphatic rings. The summed E-state index contributed by atoms with van der Waals surface area (Å²) < 4.78 is 13.1. The van der Waals surface area contributed by atoms with Gasteiger partial charge >= 0.3 is 0 Å². The van der Waals surface area contributed by atoms with Gasteiger partial charge in [0, 0.05) is 12.0 Å². The molecule has 1 aliphatic heterocycles. The van der Waals surface area contributed by atoms with Gasteiger partial charge in [0.05, 0.1) is 0 Å². The first-order valence-electron chi connectivity index (χ1n) is 6.90. The van der Waals surface area contributed by atoms with Gasteiger partial charge in [-0.25, -0.2) is 4.39 Å². The lowest BCUT2D eigenvalue weighted by atomic mass is 9.99. The van der Waals surface area contributed by atoms with Crippen LogP contribution < -0.4 is 10.6 Å². The molecule has 2 rings (SSSR count). The Morgan fingerprint density at radius 1 is 1.45 bits per heavy atom. The number of amides is 1. The van der Waals surface area contributed by atoms with Crippen molar-refractivity contribution in [3.63, 3.8) is 0 Å². The number of hydrogen-bond acceptors (Lipinski definition) is 2. The second kappa shape index (κ2) is 8.22. The first-order valence-corrected chi connectivity index (χ1v) is 6.90. The van der Waals surface area contributed by atoms with E-state index in [1.165, 1.54) is 12.1 Å². The first-order chi connectivity index (χ1) is 9.15. The van der Waals surface area contributed by atoms with E-state index in [1.54, 1.807) is 6.07 Å². The van der Waals surface area contributed by atoms with Gasteiger partial charge in [0.25, 0.3) is 0 Å². The van der Waals surface area contributed by atoms with Gasteiger partial charge in [-0.05, 0) is 50.0 Å². The Morgan fingerprint density at radius 2 is 2.15 bits per heavy atom. The minimum Gasteiger partial charge on any atom is -0.353 e. The molecule has 0 bridgehead atoms. The molecule has 1 saturated heterocycles. The maximum Gasteiger partial charge on any atom is 0.223 e. The van der Waals surface area contributed by atoms with Crippen LogP contribution in [0.5, 0.6) is 0 Å². The Bertz CT molecular complexity index is 436. The van der Waals surface area contributed by atoms with Crippen LogP contribution in [-0.4, -0.2) is 25.0 Å². The predicted molar refractivity (Wildman–Crippen MR) is 80.6 cm³/mol. The molecule has 0 aromatic heterocycles. The number of carbonyl (C=O) groups excluding carboxylic acids is 1. The smallest absolute Gasteiger partial charge is 0.223 e. The molecular weight excluding hydrogens is 279 g/mol. The minimum absolute atomic E-state index is 0. The maximum absolute atomic E-state index is 13.1. The standard InChI is InChI=1S/C15H21FN2O.ClH/c1-11(9-12-3-2-4-13(16)10-12)15(19)18-14-5-7-17-8-6-14;/h2-4,10-11,14,17H,5-9H2,1H3,(H,18,19);1H. The van der Waals surface area contributed by atoms with Crippen molar-refractivity contribution in [3.05, 3.63) is 35.6 Å². The van der Waals surface area contributed by atoms with E-state index >= 15 is 0 Å². The normalized spacial score (nSPS) is 17.1. The number of halogens is 2. The minimum atomic E-state index is -0.247. The van der Waals surface area contributed by atoms with Crippen molar-refractivity contribution in [1.82, 2.24) is 10.6 Å². The summed E-state index contributed by atoms with van der Waals surface area (Å²) >= 11 is 0. The highest BCUT2D eigenvalue weighted by Crippen LogP contribution is 2.11. The van der Waals surface area contributed by atoms with Crippen LogP contribution in [0, 0.1) is 11.7 Å². The molecule has 5 heteroatoms. The molecule has 1 amide bonds. The fourth-order valence-corrected chi connectivity index (χ4v) is 2.42. The highest BCUT2D eigenvalue weighted by molar-refractivity contribution is 5.85. The lowest BCUT2D eigenvalue weighted by Gasteiger charge is -2.25. The molecule has 1 atom stereocenters. The first kappa shape index (κ1) is 16.9. The van der Waals surface area contributed by atoms with Crippen LogP contribution in [0.4, 0.5) is 4.39 Å². The van der Waals surface area contributed by atoms with Crippen molar-refractivity contribution < 1.29 is 9.18 Å². The molecule has 0 radical (unpaired) electrons. The van der Waals surface area contributed by atoms with E-state index in [1.807, 2.05) is 13.0 Å². The second-order valence-electron chi connectivity index (χ2n) is 5.27. The molecule has 1 unspecified atom stereocenters. The third-order valence-corrected chi connectivity index (χ3v) is 3.56. The van der Waals surface area contributed by atoms with E-state index in [0.717, 1.165) is 31.5 Å². The van der Waals surface area contributed by atoms with Crippen LogP contribution in [-0.2, 0) is 11.2 Å². The van der Waals surface area contributed by atoms with Crippen molar-refractivity contribution >= 4 is 18.3 Å². The summed E-state index contributed by atoms with van der Waals surface area (Å²) in [4.78, 5) is 12.1. The molecule has 3 nitrogen and oxygen atoms in total. The van der Waals surface area contributed by atoms with Gasteiger partial charge in [-0.1, -0.05) is 19.1 Å². The lowest BCUT2D eigenvalue weighted by Crippen LogP contribution is -2.44. The topological polar surface area (TPSA) is 41.1 Å². The summed E-state index contributed by atoms with van der Waals surface area (Å²) in [5.41, 5.74) is 0.868. The Labute approximate surface area is 125 Å². The highest BCUT2D eigenvalue weighted by atomic mass is 35.5. The van der Waals surface area contributed by atoms with Crippen LogP contribution in [0.1, 0.15) is 25.3 Å². The van der Waals surface area contributed by atoms with Gasteiger partial charge in [-0.3, -0.25) is 4.79 Å². The maximum atomic E-state index is 13.1. The molecule has 112 valence electrons. The van der Waals surface area contributed by atoms with Crippen molar-refractivity contribution in [3.8, 4) is 0 Å². The summed E-state index contributed by atoms with van der Waals surface area (Å²) in [5, 5.41) is 6.35. The lowest BCUT2D eigenvalue weighted by molar-refractivity contribution is -0.125. The number of nitrogens with one attached hydrogen (secondary N) is 2. The highest BCUT2D eigenvalue weighted by Gasteiger charge is 2.19. The van der Waals surface area contributed by atoms with Crippen LogP contribution in [0.2, 0.25) is 0 Å². The largest absolute Gasteiger partial charge is 0.353 e. The molecule has 1 fully saturated rings. The van der Waals surface area contributed by atoms with E-state index in [4.69, 9.17) is 0 Å². The van der Waals surface area contributed by atoms with Crippen molar-refractivity contribution in [2.75, 3.05) is 13.1 Å². The van der Waals surface area contributed by atoms with Gasteiger partial charge in [-0.2, -0.15) is 0 Å². The summed E-state index contributed by atoms with van der Waals surface area (Å²) in [6.45, 7) is 3.81. The Morgan fingerprint density at radius 3 is 2.80 bits per heavy atom. The number of benzene rings is 1. The number of hydrogen-bond donors (Lipinski definition) is 2. The van der Waals surface area contributed by atoms with E-state index in [9.17, 15) is 9.18 Å². The SMILES string of the molecule is CC(Cc1cccc(F)c1)C(=O)NC1CCNCC1.Cl. The molecule has 1 aromatic rings. The number of carbonyl (C=O) groups is 1. The zero-order chi connectivity index (χ0) is 13.7. The van der Waals surface area contributed by atoms with Gasteiger partial charge < -0.3 is 10.6 Å². The van der Waals surface area contributed by atoms with Gasteiger partial charge in [0.15, 0.2) is 0 Å². The summed E-state index contributed by atoms with van der Waals surface area (Å²) in [6.07, 6.45) is 2.55. The summed E-state index contributed by atoms with van der Waals surface area (Å²) in [6, 6.07) is 6.74. The Kier molecular flexibility index (Phi) is 6.96. The van der Waals surface area contributed by atoms with Crippen LogP contribution in [0.15, 0.2) is 24.3 Å². The molecule has 0 aliphatic carbocycles. The van der Waals surface area contributed by atoms with E-state index in [0.29, 0.717) is 6.42 Å². The molecular formula is C15H22ClFN2O. The van der Waals surface area contributed by atoms with E-state index in [-0.39, 0.29) is 36.1 Å². The third kappa shape index (κ3) is 5.10. The van der Waals surface area contributed by atoms with E-state index in [2.05, 4.69) is 10.6 Å². The average Bonchev–Trinajstić information content (AvgIpc) is 2.40. The predicted octanol–water partition coefficient (Wildman–Crippen LogP) is 2.29. The third-order valence-electron chi connectivity index (χ3n) is 3.56. The monoisotopic (exact) mass is 300 g/mol. The molecule has 1 heterocycles. The number of piperidine rings is 1. The fourth-order valence-electron chi connectivity index (χ4n) is 2.42. The van der Waals surface area contributed by atoms with Gasteiger partial charge in [-0.15, -0.1) is 12.4 Å². The van der Waals surface area contributed by atoms with E-state index < -0.39 is 0 Å². The van der Waals surface area contributed by atoms with Crippen LogP contribution in [0.3, 0.4) is 0 Å². The molecule has 1 aromatic carbocycles. The zero-order valence-electron chi connectivity index (χ0n) is 11.7. The summed E-state index contributed by atoms with van der Waals surface area (Å²) in [5.74, 6) is -0.309.